The van der Waals surface area contributed by atoms with Crippen LogP contribution in [0.3, 0.4) is 0 Å². The predicted molar refractivity (Wildman–Crippen MR) is 71.3 cm³/mol. The minimum Gasteiger partial charge on any atom is -0.348 e. The Morgan fingerprint density at radius 2 is 1.89 bits per heavy atom. The molecule has 18 heavy (non-hydrogen) atoms. The molecule has 2 atom stereocenters. The largest absolute Gasteiger partial charge is 0.348 e. The Kier molecular flexibility index (Phi) is 5.16. The first kappa shape index (κ1) is 14.5. The number of carbonyl (C=O) groups excluding carboxylic acids is 2. The maximum atomic E-state index is 11.8. The molecule has 0 bridgehead atoms. The summed E-state index contributed by atoms with van der Waals surface area (Å²) in [4.78, 5) is 22.6. The van der Waals surface area contributed by atoms with E-state index in [-0.39, 0.29) is 17.9 Å². The molecule has 0 aliphatic rings. The molecule has 1 rings (SSSR count). The van der Waals surface area contributed by atoms with Crippen molar-refractivity contribution in [1.82, 2.24) is 10.6 Å². The first-order chi connectivity index (χ1) is 8.40. The van der Waals surface area contributed by atoms with Crippen LogP contribution in [0.15, 0.2) is 24.3 Å². The van der Waals surface area contributed by atoms with Crippen molar-refractivity contribution in [3.8, 4) is 0 Å². The van der Waals surface area contributed by atoms with Crippen molar-refractivity contribution in [2.24, 2.45) is 0 Å². The van der Waals surface area contributed by atoms with Crippen LogP contribution >= 0.6 is 11.6 Å². The fraction of sp³-hybridized carbons (Fsp3) is 0.385. The summed E-state index contributed by atoms with van der Waals surface area (Å²) in [7, 11) is 0. The lowest BCUT2D eigenvalue weighted by Gasteiger charge is -2.18. The van der Waals surface area contributed by atoms with E-state index in [1.807, 2.05) is 19.1 Å². The van der Waals surface area contributed by atoms with Crippen LogP contribution in [-0.4, -0.2) is 17.9 Å². The zero-order chi connectivity index (χ0) is 13.7. The molecule has 0 heterocycles. The molecule has 5 heteroatoms. The summed E-state index contributed by atoms with van der Waals surface area (Å²) in [5, 5.41) is 5.98. The quantitative estimate of drug-likeness (QED) is 0.878. The third-order valence-corrected chi connectivity index (χ3v) is 2.76. The minimum atomic E-state index is -0.552. The Morgan fingerprint density at radius 3 is 2.44 bits per heavy atom. The van der Waals surface area contributed by atoms with Crippen molar-refractivity contribution in [3.05, 3.63) is 34.9 Å². The van der Waals surface area contributed by atoms with E-state index in [0.29, 0.717) is 5.02 Å². The molecule has 0 aliphatic carbocycles. The number of hydrogen-bond donors (Lipinski definition) is 2. The highest BCUT2D eigenvalue weighted by Gasteiger charge is 2.16. The fourth-order valence-electron chi connectivity index (χ4n) is 1.57. The zero-order valence-corrected chi connectivity index (χ0v) is 11.4. The first-order valence-corrected chi connectivity index (χ1v) is 6.11. The van der Waals surface area contributed by atoms with E-state index in [1.54, 1.807) is 19.1 Å². The summed E-state index contributed by atoms with van der Waals surface area (Å²) in [6.07, 6.45) is 0. The van der Waals surface area contributed by atoms with Crippen LogP contribution in [0.25, 0.3) is 0 Å². The van der Waals surface area contributed by atoms with Crippen LogP contribution in [0.2, 0.25) is 5.02 Å². The number of rotatable bonds is 4. The number of benzene rings is 1. The maximum absolute atomic E-state index is 11.8. The molecule has 2 N–H and O–H groups in total. The lowest BCUT2D eigenvalue weighted by molar-refractivity contribution is -0.128. The van der Waals surface area contributed by atoms with E-state index in [4.69, 9.17) is 11.6 Å². The Bertz CT molecular complexity index is 448. The Balaban J connectivity index is 2.62. The van der Waals surface area contributed by atoms with Crippen molar-refractivity contribution < 1.29 is 9.59 Å². The van der Waals surface area contributed by atoms with Crippen molar-refractivity contribution in [2.75, 3.05) is 0 Å². The van der Waals surface area contributed by atoms with Gasteiger partial charge in [0.25, 0.3) is 0 Å². The molecule has 0 saturated carbocycles. The molecule has 0 radical (unpaired) electrons. The van der Waals surface area contributed by atoms with E-state index < -0.39 is 6.04 Å². The lowest BCUT2D eigenvalue weighted by atomic mass is 10.1. The lowest BCUT2D eigenvalue weighted by Crippen LogP contribution is -2.44. The van der Waals surface area contributed by atoms with E-state index in [9.17, 15) is 9.59 Å². The normalized spacial score (nSPS) is 13.6. The van der Waals surface area contributed by atoms with E-state index in [1.165, 1.54) is 6.92 Å². The average molecular weight is 269 g/mol. The summed E-state index contributed by atoms with van der Waals surface area (Å²) >= 11 is 5.89. The molecule has 1 aromatic rings. The maximum Gasteiger partial charge on any atom is 0.242 e. The monoisotopic (exact) mass is 268 g/mol. The first-order valence-electron chi connectivity index (χ1n) is 5.73. The van der Waals surface area contributed by atoms with Crippen LogP contribution in [0.1, 0.15) is 32.4 Å². The van der Waals surface area contributed by atoms with E-state index in [2.05, 4.69) is 10.6 Å². The molecule has 0 aliphatic heterocycles. The van der Waals surface area contributed by atoms with Crippen LogP contribution in [-0.2, 0) is 9.59 Å². The second-order valence-electron chi connectivity index (χ2n) is 4.21. The molecule has 98 valence electrons. The highest BCUT2D eigenvalue weighted by atomic mass is 35.5. The van der Waals surface area contributed by atoms with Crippen LogP contribution in [0, 0.1) is 0 Å². The topological polar surface area (TPSA) is 58.2 Å². The highest BCUT2D eigenvalue weighted by Crippen LogP contribution is 2.17. The van der Waals surface area contributed by atoms with E-state index in [0.717, 1.165) is 5.56 Å². The van der Waals surface area contributed by atoms with Gasteiger partial charge in [0.05, 0.1) is 6.04 Å². The Hall–Kier alpha value is -1.55. The number of amides is 2. The van der Waals surface area contributed by atoms with Gasteiger partial charge in [-0.25, -0.2) is 0 Å². The molecule has 2 amide bonds. The van der Waals surface area contributed by atoms with Gasteiger partial charge < -0.3 is 10.6 Å². The summed E-state index contributed by atoms with van der Waals surface area (Å²) < 4.78 is 0. The molecule has 0 spiro atoms. The molecule has 4 nitrogen and oxygen atoms in total. The second-order valence-corrected chi connectivity index (χ2v) is 4.64. The predicted octanol–water partition coefficient (Wildman–Crippen LogP) is 2.04. The molecule has 0 unspecified atom stereocenters. The third kappa shape index (κ3) is 4.37. The van der Waals surface area contributed by atoms with Gasteiger partial charge in [0.1, 0.15) is 6.04 Å². The molecule has 0 fully saturated rings. The van der Waals surface area contributed by atoms with Crippen LogP contribution in [0.5, 0.6) is 0 Å². The van der Waals surface area contributed by atoms with Gasteiger partial charge in [0.15, 0.2) is 0 Å². The highest BCUT2D eigenvalue weighted by molar-refractivity contribution is 6.30. The van der Waals surface area contributed by atoms with Gasteiger partial charge >= 0.3 is 0 Å². The molecule has 0 aromatic heterocycles. The van der Waals surface area contributed by atoms with Crippen LogP contribution in [0.4, 0.5) is 0 Å². The van der Waals surface area contributed by atoms with Crippen molar-refractivity contribution in [2.45, 2.75) is 32.9 Å². The van der Waals surface area contributed by atoms with Gasteiger partial charge in [-0.05, 0) is 31.5 Å². The molecule has 0 saturated heterocycles. The summed E-state index contributed by atoms with van der Waals surface area (Å²) in [5.74, 6) is -0.453. The summed E-state index contributed by atoms with van der Waals surface area (Å²) in [6, 6.07) is 6.59. The van der Waals surface area contributed by atoms with Gasteiger partial charge in [0.2, 0.25) is 11.8 Å². The number of carbonyl (C=O) groups is 2. The second kappa shape index (κ2) is 6.40. The molecule has 1 aromatic carbocycles. The van der Waals surface area contributed by atoms with Crippen LogP contribution < -0.4 is 10.6 Å². The van der Waals surface area contributed by atoms with Gasteiger partial charge in [-0.3, -0.25) is 9.59 Å². The minimum absolute atomic E-state index is 0.160. The summed E-state index contributed by atoms with van der Waals surface area (Å²) in [6.45, 7) is 4.88. The van der Waals surface area contributed by atoms with E-state index >= 15 is 0 Å². The van der Waals surface area contributed by atoms with Gasteiger partial charge in [-0.2, -0.15) is 0 Å². The van der Waals surface area contributed by atoms with Crippen molar-refractivity contribution >= 4 is 23.4 Å². The standard InChI is InChI=1S/C13H17ClN2O2/c1-8(11-5-4-6-12(14)7-11)16-13(18)9(2)15-10(3)17/h4-9H,1-3H3,(H,15,17)(H,16,18)/t8-,9+/m0/s1. The fourth-order valence-corrected chi connectivity index (χ4v) is 1.77. The number of nitrogens with one attached hydrogen (secondary N) is 2. The van der Waals surface area contributed by atoms with Gasteiger partial charge in [0, 0.05) is 11.9 Å². The number of hydrogen-bond acceptors (Lipinski definition) is 2. The van der Waals surface area contributed by atoms with Crippen molar-refractivity contribution in [3.63, 3.8) is 0 Å². The SMILES string of the molecule is CC(=O)N[C@H](C)C(=O)N[C@@H](C)c1cccc(Cl)c1. The third-order valence-electron chi connectivity index (χ3n) is 2.52. The van der Waals surface area contributed by atoms with Crippen molar-refractivity contribution in [1.29, 1.82) is 0 Å². The summed E-state index contributed by atoms with van der Waals surface area (Å²) in [5.41, 5.74) is 0.922. The number of halogens is 1. The molecular formula is C13H17ClN2O2. The van der Waals surface area contributed by atoms with Gasteiger partial charge in [-0.15, -0.1) is 0 Å². The molecular weight excluding hydrogens is 252 g/mol. The van der Waals surface area contributed by atoms with Gasteiger partial charge in [-0.1, -0.05) is 23.7 Å². The Labute approximate surface area is 112 Å². The Morgan fingerprint density at radius 1 is 1.22 bits per heavy atom. The average Bonchev–Trinajstić information content (AvgIpc) is 2.27. The smallest absolute Gasteiger partial charge is 0.242 e. The zero-order valence-electron chi connectivity index (χ0n) is 10.7.